The Hall–Kier alpha value is -2.62. The number of morpholine rings is 1. The monoisotopic (exact) mass is 389 g/mol. The SMILES string of the molecule is Nc1ncc(-c2nc(N3CCOCC3)nc3c2CCN3C2CC(F)(F)C2)cn1. The molecule has 2 N–H and O–H groups in total. The van der Waals surface area contributed by atoms with E-state index in [1.54, 1.807) is 12.4 Å². The number of hydrogen-bond acceptors (Lipinski definition) is 8. The van der Waals surface area contributed by atoms with Crippen LogP contribution in [0.4, 0.5) is 26.5 Å². The van der Waals surface area contributed by atoms with Crippen LogP contribution in [-0.4, -0.2) is 64.7 Å². The molecule has 8 nitrogen and oxygen atoms in total. The lowest BCUT2D eigenvalue weighted by molar-refractivity contribution is -0.0855. The minimum absolute atomic E-state index is 0.121. The standard InChI is InChI=1S/C18H21F2N7O/c19-18(20)7-12(8-18)27-2-1-13-14(11-9-22-16(21)23-10-11)24-17(25-15(13)27)26-3-5-28-6-4-26/h9-10,12H,1-8H2,(H2,21,22,23). The molecule has 0 radical (unpaired) electrons. The zero-order chi connectivity index (χ0) is 19.3. The number of anilines is 3. The van der Waals surface area contributed by atoms with Crippen molar-refractivity contribution in [2.75, 3.05) is 48.4 Å². The minimum atomic E-state index is -2.57. The predicted octanol–water partition coefficient (Wildman–Crippen LogP) is 1.51. The van der Waals surface area contributed by atoms with Gasteiger partial charge in [-0.2, -0.15) is 4.98 Å². The van der Waals surface area contributed by atoms with Gasteiger partial charge in [0.05, 0.1) is 18.9 Å². The quantitative estimate of drug-likeness (QED) is 0.845. The molecule has 0 atom stereocenters. The van der Waals surface area contributed by atoms with Crippen LogP contribution in [0.5, 0.6) is 0 Å². The maximum Gasteiger partial charge on any atom is 0.252 e. The van der Waals surface area contributed by atoms with Crippen LogP contribution in [-0.2, 0) is 11.2 Å². The van der Waals surface area contributed by atoms with Gasteiger partial charge in [0.2, 0.25) is 11.9 Å². The maximum atomic E-state index is 13.5. The van der Waals surface area contributed by atoms with Crippen molar-refractivity contribution < 1.29 is 13.5 Å². The van der Waals surface area contributed by atoms with Crippen LogP contribution in [0.3, 0.4) is 0 Å². The van der Waals surface area contributed by atoms with Crippen LogP contribution in [0, 0.1) is 0 Å². The van der Waals surface area contributed by atoms with Crippen LogP contribution < -0.4 is 15.5 Å². The van der Waals surface area contributed by atoms with Gasteiger partial charge in [-0.25, -0.2) is 23.7 Å². The number of nitrogen functional groups attached to an aromatic ring is 1. The Morgan fingerprint density at radius 3 is 2.46 bits per heavy atom. The molecule has 0 amide bonds. The summed E-state index contributed by atoms with van der Waals surface area (Å²) in [7, 11) is 0. The van der Waals surface area contributed by atoms with Gasteiger partial charge in [-0.3, -0.25) is 0 Å². The zero-order valence-electron chi connectivity index (χ0n) is 15.3. The average molecular weight is 389 g/mol. The van der Waals surface area contributed by atoms with Gasteiger partial charge in [-0.15, -0.1) is 0 Å². The summed E-state index contributed by atoms with van der Waals surface area (Å²) in [6, 6.07) is -0.181. The molecule has 0 aromatic carbocycles. The molecule has 0 spiro atoms. The molecule has 5 rings (SSSR count). The normalized spacial score (nSPS) is 21.5. The number of rotatable bonds is 3. The largest absolute Gasteiger partial charge is 0.378 e. The number of halogens is 2. The van der Waals surface area contributed by atoms with E-state index in [4.69, 9.17) is 20.4 Å². The lowest BCUT2D eigenvalue weighted by Gasteiger charge is -2.41. The van der Waals surface area contributed by atoms with E-state index in [1.165, 1.54) is 0 Å². The molecule has 0 unspecified atom stereocenters. The predicted molar refractivity (Wildman–Crippen MR) is 99.5 cm³/mol. The van der Waals surface area contributed by atoms with Crippen molar-refractivity contribution in [3.63, 3.8) is 0 Å². The van der Waals surface area contributed by atoms with Crippen LogP contribution in [0.25, 0.3) is 11.3 Å². The third-order valence-electron chi connectivity index (χ3n) is 5.60. The molecule has 3 aliphatic rings. The fraction of sp³-hybridized carbons (Fsp3) is 0.556. The maximum absolute atomic E-state index is 13.5. The highest BCUT2D eigenvalue weighted by molar-refractivity contribution is 5.72. The van der Waals surface area contributed by atoms with Crippen LogP contribution in [0.1, 0.15) is 18.4 Å². The molecule has 4 heterocycles. The lowest BCUT2D eigenvalue weighted by atomic mass is 9.87. The molecule has 1 saturated carbocycles. The Balaban J connectivity index is 1.57. The highest BCUT2D eigenvalue weighted by atomic mass is 19.3. The minimum Gasteiger partial charge on any atom is -0.378 e. The lowest BCUT2D eigenvalue weighted by Crippen LogP contribution is -2.50. The van der Waals surface area contributed by atoms with E-state index in [0.717, 1.165) is 22.6 Å². The average Bonchev–Trinajstić information content (AvgIpc) is 3.10. The Kier molecular flexibility index (Phi) is 4.04. The summed E-state index contributed by atoms with van der Waals surface area (Å²) in [5.74, 6) is -1.03. The molecule has 2 aliphatic heterocycles. The van der Waals surface area contributed by atoms with Gasteiger partial charge in [-0.05, 0) is 6.42 Å². The van der Waals surface area contributed by atoms with E-state index in [2.05, 4.69) is 14.9 Å². The molecule has 28 heavy (non-hydrogen) atoms. The van der Waals surface area contributed by atoms with Gasteiger partial charge in [-0.1, -0.05) is 0 Å². The van der Waals surface area contributed by atoms with Gasteiger partial charge < -0.3 is 20.3 Å². The number of fused-ring (bicyclic) bond motifs is 1. The fourth-order valence-corrected chi connectivity index (χ4v) is 4.08. The van der Waals surface area contributed by atoms with E-state index in [-0.39, 0.29) is 24.8 Å². The second-order valence-electron chi connectivity index (χ2n) is 7.47. The summed E-state index contributed by atoms with van der Waals surface area (Å²) in [5, 5.41) is 0. The third kappa shape index (κ3) is 3.01. The number of nitrogens with two attached hydrogens (primary N) is 1. The second-order valence-corrected chi connectivity index (χ2v) is 7.47. The molecule has 0 bridgehead atoms. The highest BCUT2D eigenvalue weighted by Crippen LogP contribution is 2.45. The molecule has 2 aromatic rings. The van der Waals surface area contributed by atoms with E-state index in [1.807, 2.05) is 4.90 Å². The topological polar surface area (TPSA) is 93.3 Å². The summed E-state index contributed by atoms with van der Waals surface area (Å²) in [6.07, 6.45) is 3.76. The van der Waals surface area contributed by atoms with Crippen molar-refractivity contribution in [2.24, 2.45) is 0 Å². The molecule has 10 heteroatoms. The Labute approximate surface area is 160 Å². The number of aromatic nitrogens is 4. The Morgan fingerprint density at radius 2 is 1.79 bits per heavy atom. The van der Waals surface area contributed by atoms with Crippen molar-refractivity contribution in [1.82, 2.24) is 19.9 Å². The van der Waals surface area contributed by atoms with Crippen molar-refractivity contribution in [1.29, 1.82) is 0 Å². The molecule has 1 saturated heterocycles. The summed E-state index contributed by atoms with van der Waals surface area (Å²) < 4.78 is 32.3. The van der Waals surface area contributed by atoms with Crippen LogP contribution in [0.2, 0.25) is 0 Å². The summed E-state index contributed by atoms with van der Waals surface area (Å²) in [5.41, 5.74) is 8.08. The fourth-order valence-electron chi connectivity index (χ4n) is 4.08. The van der Waals surface area contributed by atoms with E-state index in [9.17, 15) is 8.78 Å². The van der Waals surface area contributed by atoms with Gasteiger partial charge in [0.25, 0.3) is 5.92 Å². The zero-order valence-corrected chi connectivity index (χ0v) is 15.3. The van der Waals surface area contributed by atoms with E-state index >= 15 is 0 Å². The molecule has 148 valence electrons. The number of hydrogen-bond donors (Lipinski definition) is 1. The molecular formula is C18H21F2N7O. The van der Waals surface area contributed by atoms with Crippen LogP contribution >= 0.6 is 0 Å². The van der Waals surface area contributed by atoms with Gasteiger partial charge in [0, 0.05) is 62.0 Å². The smallest absolute Gasteiger partial charge is 0.252 e. The first-order valence-corrected chi connectivity index (χ1v) is 9.46. The first-order valence-electron chi connectivity index (χ1n) is 9.46. The molecule has 1 aliphatic carbocycles. The van der Waals surface area contributed by atoms with Crippen molar-refractivity contribution in [2.45, 2.75) is 31.2 Å². The summed E-state index contributed by atoms with van der Waals surface area (Å²) >= 11 is 0. The Bertz CT molecular complexity index is 878. The van der Waals surface area contributed by atoms with Gasteiger partial charge in [0.1, 0.15) is 5.82 Å². The third-order valence-corrected chi connectivity index (χ3v) is 5.60. The van der Waals surface area contributed by atoms with Crippen LogP contribution in [0.15, 0.2) is 12.4 Å². The van der Waals surface area contributed by atoms with E-state index in [0.29, 0.717) is 45.2 Å². The first-order chi connectivity index (χ1) is 13.5. The number of nitrogens with zero attached hydrogens (tertiary/aromatic N) is 6. The van der Waals surface area contributed by atoms with E-state index < -0.39 is 5.92 Å². The molecular weight excluding hydrogens is 368 g/mol. The first kappa shape index (κ1) is 17.5. The number of ether oxygens (including phenoxy) is 1. The number of alkyl halides is 2. The van der Waals surface area contributed by atoms with Crippen molar-refractivity contribution in [3.8, 4) is 11.3 Å². The molecule has 2 fully saturated rings. The highest BCUT2D eigenvalue weighted by Gasteiger charge is 2.49. The Morgan fingerprint density at radius 1 is 1.07 bits per heavy atom. The molecule has 2 aromatic heterocycles. The summed E-state index contributed by atoms with van der Waals surface area (Å²) in [4.78, 5) is 21.8. The van der Waals surface area contributed by atoms with Crippen molar-refractivity contribution in [3.05, 3.63) is 18.0 Å². The summed E-state index contributed by atoms with van der Waals surface area (Å²) in [6.45, 7) is 3.27. The van der Waals surface area contributed by atoms with Crippen molar-refractivity contribution >= 4 is 17.7 Å². The van der Waals surface area contributed by atoms with Gasteiger partial charge >= 0.3 is 0 Å². The second kappa shape index (κ2) is 6.47. The van der Waals surface area contributed by atoms with Gasteiger partial charge in [0.15, 0.2) is 0 Å².